The number of rotatable bonds is 2. The zero-order valence-corrected chi connectivity index (χ0v) is 8.79. The second kappa shape index (κ2) is 4.28. The number of hydrogen-bond acceptors (Lipinski definition) is 6. The van der Waals surface area contributed by atoms with Gasteiger partial charge in [-0.1, -0.05) is 11.3 Å². The highest BCUT2D eigenvalue weighted by molar-refractivity contribution is 7.13. The van der Waals surface area contributed by atoms with E-state index >= 15 is 0 Å². The Kier molecular flexibility index (Phi) is 2.84. The van der Waals surface area contributed by atoms with Crippen molar-refractivity contribution in [1.82, 2.24) is 20.2 Å². The van der Waals surface area contributed by atoms with E-state index in [0.717, 1.165) is 0 Å². The maximum atomic E-state index is 11.5. The molecule has 0 saturated carbocycles. The fourth-order valence-corrected chi connectivity index (χ4v) is 1.36. The highest BCUT2D eigenvalue weighted by Crippen LogP contribution is 2.10. The van der Waals surface area contributed by atoms with Gasteiger partial charge in [-0.3, -0.25) is 10.1 Å². The zero-order chi connectivity index (χ0) is 10.7. The third kappa shape index (κ3) is 2.45. The molecule has 0 aliphatic rings. The smallest absolute Gasteiger partial charge is 0.260 e. The summed E-state index contributed by atoms with van der Waals surface area (Å²) in [6.45, 7) is 0. The van der Waals surface area contributed by atoms with Crippen LogP contribution in [0.25, 0.3) is 0 Å². The highest BCUT2D eigenvalue weighted by Gasteiger charge is 2.08. The molecule has 2 aromatic heterocycles. The Hall–Kier alpha value is -1.60. The number of hydrogen-bond donors (Lipinski definition) is 1. The van der Waals surface area contributed by atoms with Crippen molar-refractivity contribution in [3.63, 3.8) is 0 Å². The second-order valence-corrected chi connectivity index (χ2v) is 3.61. The van der Waals surface area contributed by atoms with Crippen molar-refractivity contribution in [2.24, 2.45) is 0 Å². The number of nitrogens with one attached hydrogen (secondary N) is 1. The first-order valence-corrected chi connectivity index (χ1v) is 5.06. The lowest BCUT2D eigenvalue weighted by molar-refractivity contribution is 0.102. The van der Waals surface area contributed by atoms with Crippen molar-refractivity contribution in [3.8, 4) is 0 Å². The number of carbonyl (C=O) groups is 1. The largest absolute Gasteiger partial charge is 0.296 e. The van der Waals surface area contributed by atoms with E-state index in [1.807, 2.05) is 0 Å². The minimum atomic E-state index is -0.344. The molecule has 0 saturated heterocycles. The van der Waals surface area contributed by atoms with Gasteiger partial charge in [0.2, 0.25) is 10.4 Å². The van der Waals surface area contributed by atoms with Gasteiger partial charge in [0, 0.05) is 12.4 Å². The number of amides is 1. The molecule has 1 amide bonds. The topological polar surface area (TPSA) is 80.7 Å². The molecule has 1 N–H and O–H groups in total. The van der Waals surface area contributed by atoms with Crippen LogP contribution in [0.15, 0.2) is 17.9 Å². The summed E-state index contributed by atoms with van der Waals surface area (Å²) in [4.78, 5) is 18.9. The summed E-state index contributed by atoms with van der Waals surface area (Å²) in [7, 11) is 0. The Balaban J connectivity index is 2.11. The average molecular weight is 242 g/mol. The fourth-order valence-electron chi connectivity index (χ4n) is 0.826. The van der Waals surface area contributed by atoms with Gasteiger partial charge in [0.25, 0.3) is 5.91 Å². The first-order valence-electron chi connectivity index (χ1n) is 3.81. The van der Waals surface area contributed by atoms with Gasteiger partial charge in [0.05, 0.1) is 5.56 Å². The van der Waals surface area contributed by atoms with Crippen LogP contribution >= 0.6 is 22.9 Å². The molecule has 0 aliphatic heterocycles. The van der Waals surface area contributed by atoms with E-state index in [2.05, 4.69) is 25.5 Å². The molecule has 0 aliphatic carbocycles. The number of anilines is 1. The summed E-state index contributed by atoms with van der Waals surface area (Å²) in [5.41, 5.74) is 1.84. The number of aromatic nitrogens is 4. The maximum absolute atomic E-state index is 11.5. The van der Waals surface area contributed by atoms with E-state index in [4.69, 9.17) is 11.6 Å². The van der Waals surface area contributed by atoms with Crippen LogP contribution in [0.2, 0.25) is 5.28 Å². The van der Waals surface area contributed by atoms with E-state index in [1.54, 1.807) is 0 Å². The Morgan fingerprint density at radius 3 is 2.73 bits per heavy atom. The first-order chi connectivity index (χ1) is 7.25. The van der Waals surface area contributed by atoms with E-state index in [-0.39, 0.29) is 11.2 Å². The summed E-state index contributed by atoms with van der Waals surface area (Å²) in [6, 6.07) is 0. The van der Waals surface area contributed by atoms with Crippen molar-refractivity contribution in [3.05, 3.63) is 28.8 Å². The summed E-state index contributed by atoms with van der Waals surface area (Å²) < 4.78 is 0. The summed E-state index contributed by atoms with van der Waals surface area (Å²) in [5.74, 6) is -0.344. The van der Waals surface area contributed by atoms with Crippen LogP contribution in [0, 0.1) is 0 Å². The molecule has 0 aromatic carbocycles. The Morgan fingerprint density at radius 1 is 1.40 bits per heavy atom. The van der Waals surface area contributed by atoms with E-state index in [0.29, 0.717) is 10.7 Å². The van der Waals surface area contributed by atoms with E-state index in [1.165, 1.54) is 29.2 Å². The lowest BCUT2D eigenvalue weighted by Crippen LogP contribution is -2.12. The average Bonchev–Trinajstić information content (AvgIpc) is 2.71. The van der Waals surface area contributed by atoms with Gasteiger partial charge in [-0.15, -0.1) is 10.2 Å². The molecule has 0 fully saturated rings. The van der Waals surface area contributed by atoms with Gasteiger partial charge in [0.15, 0.2) is 0 Å². The molecular formula is C7H4ClN5OS. The van der Waals surface area contributed by atoms with Gasteiger partial charge in [-0.2, -0.15) is 0 Å². The van der Waals surface area contributed by atoms with Crippen LogP contribution in [0.5, 0.6) is 0 Å². The lowest BCUT2D eigenvalue weighted by atomic mass is 10.3. The number of nitrogens with zero attached hydrogens (tertiary/aromatic N) is 4. The van der Waals surface area contributed by atoms with Crippen molar-refractivity contribution in [2.75, 3.05) is 5.32 Å². The molecule has 6 nitrogen and oxygen atoms in total. The van der Waals surface area contributed by atoms with Crippen LogP contribution < -0.4 is 5.32 Å². The van der Waals surface area contributed by atoms with Crippen LogP contribution in [0.3, 0.4) is 0 Å². The van der Waals surface area contributed by atoms with Crippen LogP contribution in [-0.2, 0) is 0 Å². The van der Waals surface area contributed by atoms with E-state index in [9.17, 15) is 4.79 Å². The molecule has 0 atom stereocenters. The van der Waals surface area contributed by atoms with Gasteiger partial charge < -0.3 is 0 Å². The summed E-state index contributed by atoms with van der Waals surface area (Å²) in [5, 5.41) is 10.3. The molecule has 2 rings (SSSR count). The van der Waals surface area contributed by atoms with Crippen molar-refractivity contribution < 1.29 is 4.79 Å². The zero-order valence-electron chi connectivity index (χ0n) is 7.22. The van der Waals surface area contributed by atoms with Crippen molar-refractivity contribution >= 4 is 34.0 Å². The second-order valence-electron chi connectivity index (χ2n) is 2.44. The summed E-state index contributed by atoms with van der Waals surface area (Å²) >= 11 is 6.71. The SMILES string of the molecule is O=C(Nc1nncs1)c1cnc(Cl)nc1. The molecule has 0 unspecified atom stereocenters. The van der Waals surface area contributed by atoms with E-state index < -0.39 is 0 Å². The normalized spacial score (nSPS) is 9.93. The highest BCUT2D eigenvalue weighted by atomic mass is 35.5. The van der Waals surface area contributed by atoms with Gasteiger partial charge >= 0.3 is 0 Å². The predicted octanol–water partition coefficient (Wildman–Crippen LogP) is 1.23. The molecule has 0 bridgehead atoms. The molecule has 0 spiro atoms. The molecule has 0 radical (unpaired) electrons. The molecule has 2 aromatic rings. The Morgan fingerprint density at radius 2 is 2.13 bits per heavy atom. The molecule has 15 heavy (non-hydrogen) atoms. The van der Waals surface area contributed by atoms with Gasteiger partial charge in [-0.25, -0.2) is 9.97 Å². The maximum Gasteiger partial charge on any atom is 0.260 e. The molecule has 76 valence electrons. The third-order valence-corrected chi connectivity index (χ3v) is 2.26. The standard InChI is InChI=1S/C7H4ClN5OS/c8-6-9-1-4(2-10-6)5(14)12-7-13-11-3-15-7/h1-3H,(H,12,13,14). The van der Waals surface area contributed by atoms with Crippen LogP contribution in [-0.4, -0.2) is 26.1 Å². The third-order valence-electron chi connectivity index (χ3n) is 1.46. The quantitative estimate of drug-likeness (QED) is 0.800. The Labute approximate surface area is 93.4 Å². The minimum Gasteiger partial charge on any atom is -0.296 e. The number of halogens is 1. The minimum absolute atomic E-state index is 0.0995. The lowest BCUT2D eigenvalue weighted by Gasteiger charge is -1.99. The monoisotopic (exact) mass is 241 g/mol. The molecular weight excluding hydrogens is 238 g/mol. The van der Waals surface area contributed by atoms with Crippen LogP contribution in [0.4, 0.5) is 5.13 Å². The van der Waals surface area contributed by atoms with Gasteiger partial charge in [-0.05, 0) is 11.6 Å². The van der Waals surface area contributed by atoms with Crippen molar-refractivity contribution in [2.45, 2.75) is 0 Å². The number of carbonyl (C=O) groups excluding carboxylic acids is 1. The first kappa shape index (κ1) is 9.94. The molecule has 8 heteroatoms. The molecule has 2 heterocycles. The predicted molar refractivity (Wildman–Crippen MR) is 54.9 cm³/mol. The van der Waals surface area contributed by atoms with Crippen LogP contribution in [0.1, 0.15) is 10.4 Å². The fraction of sp³-hybridized carbons (Fsp3) is 0. The Bertz CT molecular complexity index is 457. The summed E-state index contributed by atoms with van der Waals surface area (Å²) in [6.07, 6.45) is 2.68. The van der Waals surface area contributed by atoms with Crippen molar-refractivity contribution in [1.29, 1.82) is 0 Å². The van der Waals surface area contributed by atoms with Gasteiger partial charge in [0.1, 0.15) is 5.51 Å².